The summed E-state index contributed by atoms with van der Waals surface area (Å²) in [5, 5.41) is 0. The zero-order valence-electron chi connectivity index (χ0n) is 7.68. The van der Waals surface area contributed by atoms with Crippen LogP contribution in [-0.2, 0) is 4.74 Å². The molecule has 0 bridgehead atoms. The van der Waals surface area contributed by atoms with E-state index in [-0.39, 0.29) is 0 Å². The molecule has 1 rings (SSSR count). The largest absolute Gasteiger partial charge is 0.376 e. The maximum atomic E-state index is 5.56. The van der Waals surface area contributed by atoms with E-state index in [1.165, 1.54) is 13.0 Å². The fourth-order valence-electron chi connectivity index (χ4n) is 1.55. The number of hydrogen-bond acceptors (Lipinski definition) is 2. The Kier molecular flexibility index (Phi) is 3.87. The van der Waals surface area contributed by atoms with E-state index in [1.807, 2.05) is 0 Å². The van der Waals surface area contributed by atoms with E-state index in [4.69, 9.17) is 4.74 Å². The van der Waals surface area contributed by atoms with Crippen molar-refractivity contribution >= 4 is 0 Å². The molecule has 66 valence electrons. The minimum atomic E-state index is 0.496. The number of nitrogens with zero attached hydrogens (tertiary/aromatic N) is 1. The molecule has 1 aliphatic rings. The minimum absolute atomic E-state index is 0.496. The van der Waals surface area contributed by atoms with Gasteiger partial charge in [-0.1, -0.05) is 13.8 Å². The molecule has 0 amide bonds. The Morgan fingerprint density at radius 1 is 1.45 bits per heavy atom. The highest BCUT2D eigenvalue weighted by Crippen LogP contribution is 2.07. The molecule has 1 aliphatic heterocycles. The highest BCUT2D eigenvalue weighted by atomic mass is 16.5. The van der Waals surface area contributed by atoms with Gasteiger partial charge in [0.2, 0.25) is 0 Å². The van der Waals surface area contributed by atoms with Crippen LogP contribution in [0.3, 0.4) is 0 Å². The molecule has 0 unspecified atom stereocenters. The molecule has 1 fully saturated rings. The minimum Gasteiger partial charge on any atom is -0.376 e. The first-order valence-electron chi connectivity index (χ1n) is 4.70. The molecular formula is C9H19NO. The Hall–Kier alpha value is -0.0800. The van der Waals surface area contributed by atoms with Gasteiger partial charge in [-0.25, -0.2) is 0 Å². The third kappa shape index (κ3) is 2.80. The first kappa shape index (κ1) is 9.01. The molecule has 0 aromatic carbocycles. The van der Waals surface area contributed by atoms with Gasteiger partial charge in [0.15, 0.2) is 0 Å². The van der Waals surface area contributed by atoms with Crippen molar-refractivity contribution in [1.82, 2.24) is 4.90 Å². The smallest absolute Gasteiger partial charge is 0.0700 e. The van der Waals surface area contributed by atoms with Gasteiger partial charge in [0.1, 0.15) is 0 Å². The third-order valence-electron chi connectivity index (χ3n) is 2.22. The van der Waals surface area contributed by atoms with Gasteiger partial charge < -0.3 is 4.74 Å². The van der Waals surface area contributed by atoms with Crippen LogP contribution in [-0.4, -0.2) is 37.2 Å². The summed E-state index contributed by atoms with van der Waals surface area (Å²) < 4.78 is 5.56. The third-order valence-corrected chi connectivity index (χ3v) is 2.22. The van der Waals surface area contributed by atoms with Gasteiger partial charge in [0.25, 0.3) is 0 Å². The van der Waals surface area contributed by atoms with Crippen LogP contribution in [0.5, 0.6) is 0 Å². The molecule has 2 nitrogen and oxygen atoms in total. The van der Waals surface area contributed by atoms with Crippen molar-refractivity contribution in [2.75, 3.05) is 26.2 Å². The summed E-state index contributed by atoms with van der Waals surface area (Å²) in [6.45, 7) is 8.86. The standard InChI is InChI=1S/C9H19NO/c1-3-5-10-6-7-11-9(4-2)8-10/h9H,3-8H2,1-2H3/t9-/m0/s1. The fourth-order valence-corrected chi connectivity index (χ4v) is 1.55. The topological polar surface area (TPSA) is 12.5 Å². The Morgan fingerprint density at radius 3 is 2.91 bits per heavy atom. The lowest BCUT2D eigenvalue weighted by Crippen LogP contribution is -2.42. The molecule has 2 heteroatoms. The average molecular weight is 157 g/mol. The van der Waals surface area contributed by atoms with Crippen molar-refractivity contribution in [3.8, 4) is 0 Å². The summed E-state index contributed by atoms with van der Waals surface area (Å²) in [6, 6.07) is 0. The Labute approximate surface area is 69.5 Å². The van der Waals surface area contributed by atoms with Crippen molar-refractivity contribution in [1.29, 1.82) is 0 Å². The zero-order chi connectivity index (χ0) is 8.10. The molecule has 1 heterocycles. The van der Waals surface area contributed by atoms with Crippen LogP contribution in [0.15, 0.2) is 0 Å². The molecule has 0 spiro atoms. The molecule has 11 heavy (non-hydrogen) atoms. The second kappa shape index (κ2) is 4.73. The number of hydrogen-bond donors (Lipinski definition) is 0. The summed E-state index contributed by atoms with van der Waals surface area (Å²) in [4.78, 5) is 2.50. The molecule has 0 aromatic rings. The van der Waals surface area contributed by atoms with E-state index >= 15 is 0 Å². The van der Waals surface area contributed by atoms with E-state index < -0.39 is 0 Å². The lowest BCUT2D eigenvalue weighted by Gasteiger charge is -2.32. The van der Waals surface area contributed by atoms with Crippen LogP contribution < -0.4 is 0 Å². The van der Waals surface area contributed by atoms with Crippen molar-refractivity contribution in [3.63, 3.8) is 0 Å². The maximum Gasteiger partial charge on any atom is 0.0700 e. The molecule has 1 saturated heterocycles. The van der Waals surface area contributed by atoms with Crippen LogP contribution in [0, 0.1) is 0 Å². The predicted molar refractivity (Wildman–Crippen MR) is 46.8 cm³/mol. The van der Waals surface area contributed by atoms with Crippen molar-refractivity contribution < 1.29 is 4.74 Å². The summed E-state index contributed by atoms with van der Waals surface area (Å²) in [5.41, 5.74) is 0. The monoisotopic (exact) mass is 157 g/mol. The van der Waals surface area contributed by atoms with E-state index in [9.17, 15) is 0 Å². The lowest BCUT2D eigenvalue weighted by atomic mass is 10.2. The van der Waals surface area contributed by atoms with Crippen LogP contribution in [0.25, 0.3) is 0 Å². The van der Waals surface area contributed by atoms with E-state index in [0.29, 0.717) is 6.10 Å². The molecule has 0 radical (unpaired) electrons. The van der Waals surface area contributed by atoms with Crippen molar-refractivity contribution in [2.45, 2.75) is 32.8 Å². The van der Waals surface area contributed by atoms with E-state index in [1.54, 1.807) is 0 Å². The molecule has 1 atom stereocenters. The van der Waals surface area contributed by atoms with Gasteiger partial charge in [-0.05, 0) is 19.4 Å². The van der Waals surface area contributed by atoms with E-state index in [0.717, 1.165) is 26.1 Å². The van der Waals surface area contributed by atoms with Gasteiger partial charge in [-0.15, -0.1) is 0 Å². The highest BCUT2D eigenvalue weighted by Gasteiger charge is 2.17. The van der Waals surface area contributed by atoms with Crippen molar-refractivity contribution in [3.05, 3.63) is 0 Å². The second-order valence-corrected chi connectivity index (χ2v) is 3.20. The Bertz CT molecular complexity index is 104. The summed E-state index contributed by atoms with van der Waals surface area (Å²) in [5.74, 6) is 0. The quantitative estimate of drug-likeness (QED) is 0.615. The summed E-state index contributed by atoms with van der Waals surface area (Å²) in [6.07, 6.45) is 2.91. The molecule has 0 N–H and O–H groups in total. The Balaban J connectivity index is 2.21. The van der Waals surface area contributed by atoms with Crippen LogP contribution in [0.4, 0.5) is 0 Å². The number of ether oxygens (including phenoxy) is 1. The van der Waals surface area contributed by atoms with Crippen LogP contribution in [0.2, 0.25) is 0 Å². The highest BCUT2D eigenvalue weighted by molar-refractivity contribution is 4.69. The zero-order valence-corrected chi connectivity index (χ0v) is 7.68. The summed E-state index contributed by atoms with van der Waals surface area (Å²) in [7, 11) is 0. The van der Waals surface area contributed by atoms with Gasteiger partial charge in [-0.2, -0.15) is 0 Å². The van der Waals surface area contributed by atoms with Crippen LogP contribution >= 0.6 is 0 Å². The number of rotatable bonds is 3. The van der Waals surface area contributed by atoms with Gasteiger partial charge >= 0.3 is 0 Å². The number of morpholine rings is 1. The second-order valence-electron chi connectivity index (χ2n) is 3.20. The average Bonchev–Trinajstić information content (AvgIpc) is 2.06. The normalized spacial score (nSPS) is 27.3. The fraction of sp³-hybridized carbons (Fsp3) is 1.00. The molecule has 0 aliphatic carbocycles. The molecular weight excluding hydrogens is 138 g/mol. The lowest BCUT2D eigenvalue weighted by molar-refractivity contribution is -0.0294. The van der Waals surface area contributed by atoms with Gasteiger partial charge in [0.05, 0.1) is 12.7 Å². The molecule has 0 aromatic heterocycles. The van der Waals surface area contributed by atoms with E-state index in [2.05, 4.69) is 18.7 Å². The SMILES string of the molecule is CCCN1CCO[C@@H](CC)C1. The summed E-state index contributed by atoms with van der Waals surface area (Å²) >= 11 is 0. The molecule has 0 saturated carbocycles. The van der Waals surface area contributed by atoms with Crippen LogP contribution in [0.1, 0.15) is 26.7 Å². The van der Waals surface area contributed by atoms with Gasteiger partial charge in [0, 0.05) is 13.1 Å². The van der Waals surface area contributed by atoms with Crippen molar-refractivity contribution in [2.24, 2.45) is 0 Å². The first-order valence-corrected chi connectivity index (χ1v) is 4.70. The Morgan fingerprint density at radius 2 is 2.27 bits per heavy atom. The van der Waals surface area contributed by atoms with Gasteiger partial charge in [-0.3, -0.25) is 4.90 Å². The predicted octanol–water partition coefficient (Wildman–Crippen LogP) is 1.51. The maximum absolute atomic E-state index is 5.56. The first-order chi connectivity index (χ1) is 5.36.